The van der Waals surface area contributed by atoms with E-state index in [4.69, 9.17) is 16.3 Å². The highest BCUT2D eigenvalue weighted by atomic mass is 35.5. The zero-order valence-corrected chi connectivity index (χ0v) is 9.91. The molecule has 0 aromatic heterocycles. The van der Waals surface area contributed by atoms with Crippen molar-refractivity contribution in [3.8, 4) is 5.75 Å². The molecule has 0 spiro atoms. The van der Waals surface area contributed by atoms with Gasteiger partial charge >= 0.3 is 0 Å². The molecule has 88 valence electrons. The molecule has 0 fully saturated rings. The van der Waals surface area contributed by atoms with Crippen LogP contribution in [0.1, 0.15) is 17.3 Å². The third-order valence-corrected chi connectivity index (χ3v) is 2.32. The van der Waals surface area contributed by atoms with Crippen LogP contribution >= 0.6 is 11.6 Å². The van der Waals surface area contributed by atoms with E-state index < -0.39 is 0 Å². The quantitative estimate of drug-likeness (QED) is 0.848. The van der Waals surface area contributed by atoms with Crippen molar-refractivity contribution in [3.63, 3.8) is 0 Å². The molecule has 0 radical (unpaired) electrons. The Morgan fingerprint density at radius 1 is 1.62 bits per heavy atom. The number of amides is 1. The molecule has 1 aromatic rings. The summed E-state index contributed by atoms with van der Waals surface area (Å²) in [5.74, 6) is -0.320. The molecule has 1 atom stereocenters. The second kappa shape index (κ2) is 5.72. The molecule has 1 unspecified atom stereocenters. The van der Waals surface area contributed by atoms with Crippen LogP contribution in [-0.4, -0.2) is 30.8 Å². The number of rotatable bonds is 4. The summed E-state index contributed by atoms with van der Waals surface area (Å²) in [6, 6.07) is 4.12. The molecule has 1 rings (SSSR count). The van der Waals surface area contributed by atoms with E-state index in [9.17, 15) is 9.90 Å². The zero-order chi connectivity index (χ0) is 12.1. The fraction of sp³-hybridized carbons (Fsp3) is 0.364. The van der Waals surface area contributed by atoms with Crippen molar-refractivity contribution >= 4 is 17.5 Å². The summed E-state index contributed by atoms with van der Waals surface area (Å²) >= 11 is 5.85. The van der Waals surface area contributed by atoms with Gasteiger partial charge in [-0.3, -0.25) is 4.79 Å². The van der Waals surface area contributed by atoms with Crippen molar-refractivity contribution in [2.24, 2.45) is 0 Å². The van der Waals surface area contributed by atoms with Crippen LogP contribution < -0.4 is 5.32 Å². The number of hydrogen-bond acceptors (Lipinski definition) is 3. The minimum absolute atomic E-state index is 0.00828. The highest BCUT2D eigenvalue weighted by Crippen LogP contribution is 2.20. The number of nitrogens with one attached hydrogen (secondary N) is 1. The standard InChI is InChI=1S/C11H14ClNO3/c1-7(6-16-2)13-11(15)9-5-8(14)3-4-10(9)12/h3-5,7,14H,6H2,1-2H3,(H,13,15). The minimum atomic E-state index is -0.328. The van der Waals surface area contributed by atoms with Crippen LogP contribution in [0, 0.1) is 0 Å². The first kappa shape index (κ1) is 12.8. The number of phenols is 1. The van der Waals surface area contributed by atoms with Gasteiger partial charge in [-0.15, -0.1) is 0 Å². The number of halogens is 1. The molecular weight excluding hydrogens is 230 g/mol. The SMILES string of the molecule is COCC(C)NC(=O)c1cc(O)ccc1Cl. The average Bonchev–Trinajstić information content (AvgIpc) is 2.21. The molecule has 0 heterocycles. The molecule has 2 N–H and O–H groups in total. The van der Waals surface area contributed by atoms with Gasteiger partial charge in [0.05, 0.1) is 17.2 Å². The van der Waals surface area contributed by atoms with E-state index in [1.165, 1.54) is 18.2 Å². The Hall–Kier alpha value is -1.26. The number of aromatic hydroxyl groups is 1. The van der Waals surface area contributed by atoms with Crippen molar-refractivity contribution in [2.45, 2.75) is 13.0 Å². The number of methoxy groups -OCH3 is 1. The Morgan fingerprint density at radius 2 is 2.31 bits per heavy atom. The fourth-order valence-corrected chi connectivity index (χ4v) is 1.48. The van der Waals surface area contributed by atoms with E-state index in [1.54, 1.807) is 7.11 Å². The predicted molar refractivity (Wildman–Crippen MR) is 61.9 cm³/mol. The van der Waals surface area contributed by atoms with Gasteiger partial charge in [-0.25, -0.2) is 0 Å². The lowest BCUT2D eigenvalue weighted by atomic mass is 10.2. The van der Waals surface area contributed by atoms with Crippen LogP contribution in [-0.2, 0) is 4.74 Å². The molecule has 4 nitrogen and oxygen atoms in total. The Kier molecular flexibility index (Phi) is 4.58. The summed E-state index contributed by atoms with van der Waals surface area (Å²) < 4.78 is 4.90. The van der Waals surface area contributed by atoms with Crippen LogP contribution in [0.3, 0.4) is 0 Å². The second-order valence-corrected chi connectivity index (χ2v) is 3.90. The van der Waals surface area contributed by atoms with Gasteiger partial charge in [0, 0.05) is 13.2 Å². The number of carbonyl (C=O) groups is 1. The number of hydrogen-bond donors (Lipinski definition) is 2. The maximum Gasteiger partial charge on any atom is 0.253 e. The van der Waals surface area contributed by atoms with Crippen LogP contribution in [0.4, 0.5) is 0 Å². The van der Waals surface area contributed by atoms with Gasteiger partial charge in [0.25, 0.3) is 5.91 Å². The molecule has 0 saturated heterocycles. The summed E-state index contributed by atoms with van der Waals surface area (Å²) in [7, 11) is 1.56. The van der Waals surface area contributed by atoms with E-state index >= 15 is 0 Å². The predicted octanol–water partition coefficient (Wildman–Crippen LogP) is 1.81. The van der Waals surface area contributed by atoms with Crippen LogP contribution in [0.2, 0.25) is 5.02 Å². The third kappa shape index (κ3) is 3.40. The molecule has 0 aliphatic heterocycles. The fourth-order valence-electron chi connectivity index (χ4n) is 1.28. The monoisotopic (exact) mass is 243 g/mol. The first-order valence-corrected chi connectivity index (χ1v) is 5.20. The van der Waals surface area contributed by atoms with Gasteiger partial charge in [-0.1, -0.05) is 11.6 Å². The van der Waals surface area contributed by atoms with Gasteiger partial charge in [-0.2, -0.15) is 0 Å². The number of benzene rings is 1. The first-order chi connectivity index (χ1) is 7.54. The second-order valence-electron chi connectivity index (χ2n) is 3.49. The summed E-state index contributed by atoms with van der Waals surface area (Å²) in [6.07, 6.45) is 0. The van der Waals surface area contributed by atoms with Crippen LogP contribution in [0.15, 0.2) is 18.2 Å². The highest BCUT2D eigenvalue weighted by molar-refractivity contribution is 6.33. The lowest BCUT2D eigenvalue weighted by Gasteiger charge is -2.13. The smallest absolute Gasteiger partial charge is 0.253 e. The normalized spacial score (nSPS) is 12.2. The molecule has 1 amide bonds. The topological polar surface area (TPSA) is 58.6 Å². The Morgan fingerprint density at radius 3 is 2.94 bits per heavy atom. The van der Waals surface area contributed by atoms with Crippen molar-refractivity contribution < 1.29 is 14.6 Å². The largest absolute Gasteiger partial charge is 0.508 e. The third-order valence-electron chi connectivity index (χ3n) is 1.99. The molecule has 0 aliphatic rings. The Labute approximate surface area is 99.2 Å². The van der Waals surface area contributed by atoms with E-state index in [0.29, 0.717) is 11.6 Å². The lowest BCUT2D eigenvalue weighted by molar-refractivity contribution is 0.0905. The summed E-state index contributed by atoms with van der Waals surface area (Å²) in [5, 5.41) is 12.3. The van der Waals surface area contributed by atoms with Crippen molar-refractivity contribution in [1.29, 1.82) is 0 Å². The minimum Gasteiger partial charge on any atom is -0.508 e. The van der Waals surface area contributed by atoms with Crippen molar-refractivity contribution in [1.82, 2.24) is 5.32 Å². The molecule has 1 aromatic carbocycles. The number of phenolic OH excluding ortho intramolecular Hbond substituents is 1. The zero-order valence-electron chi connectivity index (χ0n) is 9.16. The molecule has 0 saturated carbocycles. The van der Waals surface area contributed by atoms with Crippen molar-refractivity contribution in [2.75, 3.05) is 13.7 Å². The van der Waals surface area contributed by atoms with E-state index in [2.05, 4.69) is 5.32 Å². The highest BCUT2D eigenvalue weighted by Gasteiger charge is 2.13. The summed E-state index contributed by atoms with van der Waals surface area (Å²) in [6.45, 7) is 2.24. The Balaban J connectivity index is 2.76. The van der Waals surface area contributed by atoms with Crippen LogP contribution in [0.25, 0.3) is 0 Å². The molecular formula is C11H14ClNO3. The van der Waals surface area contributed by atoms with Crippen molar-refractivity contribution in [3.05, 3.63) is 28.8 Å². The maximum absolute atomic E-state index is 11.7. The number of carbonyl (C=O) groups excluding carboxylic acids is 1. The lowest BCUT2D eigenvalue weighted by Crippen LogP contribution is -2.35. The van der Waals surface area contributed by atoms with E-state index in [-0.39, 0.29) is 23.3 Å². The summed E-state index contributed by atoms with van der Waals surface area (Å²) in [5.41, 5.74) is 0.254. The first-order valence-electron chi connectivity index (χ1n) is 4.83. The van der Waals surface area contributed by atoms with Gasteiger partial charge in [0.2, 0.25) is 0 Å². The van der Waals surface area contributed by atoms with Gasteiger partial charge < -0.3 is 15.2 Å². The Bertz CT molecular complexity index is 381. The van der Waals surface area contributed by atoms with Gasteiger partial charge in [0.1, 0.15) is 5.75 Å². The van der Waals surface area contributed by atoms with Crippen LogP contribution in [0.5, 0.6) is 5.75 Å². The van der Waals surface area contributed by atoms with Gasteiger partial charge in [0.15, 0.2) is 0 Å². The molecule has 0 aliphatic carbocycles. The molecule has 0 bridgehead atoms. The number of ether oxygens (including phenoxy) is 1. The van der Waals surface area contributed by atoms with E-state index in [0.717, 1.165) is 0 Å². The molecule has 5 heteroatoms. The van der Waals surface area contributed by atoms with E-state index in [1.807, 2.05) is 6.92 Å². The molecule has 16 heavy (non-hydrogen) atoms. The summed E-state index contributed by atoms with van der Waals surface area (Å²) in [4.78, 5) is 11.7. The maximum atomic E-state index is 11.7. The average molecular weight is 244 g/mol. The van der Waals surface area contributed by atoms with Gasteiger partial charge in [-0.05, 0) is 25.1 Å².